The number of hydrogen-bond acceptors (Lipinski definition) is 6. The molecular weight excluding hydrogens is 430 g/mol. The second kappa shape index (κ2) is 8.71. The molecule has 1 aliphatic rings. The van der Waals surface area contributed by atoms with Crippen molar-refractivity contribution in [3.63, 3.8) is 0 Å². The molecule has 168 valence electrons. The molecule has 0 aliphatic carbocycles. The number of benzene rings is 2. The SMILES string of the molecule is CCn1c(NNC(=O)[C@@H]2CCCN2S(=O)(=O)c2ccc(C)cc2)nc2ccccc2c1=O. The first-order valence-electron chi connectivity index (χ1n) is 10.5. The Bertz CT molecular complexity index is 1320. The molecule has 10 heteroatoms. The summed E-state index contributed by atoms with van der Waals surface area (Å²) in [6.07, 6.45) is 0.988. The third-order valence-corrected chi connectivity index (χ3v) is 7.53. The Morgan fingerprint density at radius 2 is 1.88 bits per heavy atom. The molecule has 1 amide bonds. The summed E-state index contributed by atoms with van der Waals surface area (Å²) < 4.78 is 28.8. The molecule has 0 saturated carbocycles. The van der Waals surface area contributed by atoms with Gasteiger partial charge in [0, 0.05) is 13.1 Å². The van der Waals surface area contributed by atoms with E-state index in [2.05, 4.69) is 15.8 Å². The van der Waals surface area contributed by atoms with Crippen LogP contribution in [0.25, 0.3) is 10.9 Å². The van der Waals surface area contributed by atoms with Gasteiger partial charge in [-0.25, -0.2) is 13.4 Å². The van der Waals surface area contributed by atoms with Gasteiger partial charge in [0.2, 0.25) is 16.0 Å². The highest BCUT2D eigenvalue weighted by Crippen LogP contribution is 2.26. The maximum Gasteiger partial charge on any atom is 0.262 e. The Morgan fingerprint density at radius 3 is 2.59 bits per heavy atom. The Labute approximate surface area is 186 Å². The zero-order valence-corrected chi connectivity index (χ0v) is 18.7. The number of nitrogens with zero attached hydrogens (tertiary/aromatic N) is 3. The minimum absolute atomic E-state index is 0.159. The van der Waals surface area contributed by atoms with E-state index in [9.17, 15) is 18.0 Å². The lowest BCUT2D eigenvalue weighted by atomic mass is 10.2. The van der Waals surface area contributed by atoms with Gasteiger partial charge in [0.15, 0.2) is 0 Å². The van der Waals surface area contributed by atoms with Crippen molar-refractivity contribution in [1.29, 1.82) is 0 Å². The number of carbonyl (C=O) groups is 1. The van der Waals surface area contributed by atoms with Gasteiger partial charge in [-0.3, -0.25) is 25.0 Å². The molecule has 0 bridgehead atoms. The molecule has 0 spiro atoms. The van der Waals surface area contributed by atoms with Crippen LogP contribution in [-0.4, -0.2) is 40.8 Å². The lowest BCUT2D eigenvalue weighted by Crippen LogP contribution is -2.48. The predicted molar refractivity (Wildman–Crippen MR) is 122 cm³/mol. The van der Waals surface area contributed by atoms with Crippen LogP contribution in [0, 0.1) is 6.92 Å². The molecule has 32 heavy (non-hydrogen) atoms. The van der Waals surface area contributed by atoms with Crippen molar-refractivity contribution < 1.29 is 13.2 Å². The molecule has 2 aromatic carbocycles. The average Bonchev–Trinajstić information content (AvgIpc) is 3.29. The van der Waals surface area contributed by atoms with Crippen LogP contribution >= 0.6 is 0 Å². The minimum Gasteiger partial charge on any atom is -0.277 e. The average molecular weight is 456 g/mol. The van der Waals surface area contributed by atoms with Crippen molar-refractivity contribution in [3.8, 4) is 0 Å². The van der Waals surface area contributed by atoms with Gasteiger partial charge in [-0.2, -0.15) is 4.31 Å². The molecule has 1 atom stereocenters. The molecule has 2 N–H and O–H groups in total. The minimum atomic E-state index is -3.81. The number of rotatable bonds is 6. The first-order valence-corrected chi connectivity index (χ1v) is 11.9. The molecule has 1 aromatic heterocycles. The van der Waals surface area contributed by atoms with E-state index >= 15 is 0 Å². The number of anilines is 1. The van der Waals surface area contributed by atoms with Gasteiger partial charge in [0.25, 0.3) is 11.5 Å². The second-order valence-corrected chi connectivity index (χ2v) is 9.59. The maximum absolute atomic E-state index is 13.1. The predicted octanol–water partition coefficient (Wildman–Crippen LogP) is 2.02. The van der Waals surface area contributed by atoms with Crippen LogP contribution in [0.4, 0.5) is 5.95 Å². The summed E-state index contributed by atoms with van der Waals surface area (Å²) in [5.41, 5.74) is 6.51. The van der Waals surface area contributed by atoms with Crippen molar-refractivity contribution in [3.05, 3.63) is 64.4 Å². The molecule has 1 fully saturated rings. The first-order chi connectivity index (χ1) is 15.3. The lowest BCUT2D eigenvalue weighted by Gasteiger charge is -2.24. The van der Waals surface area contributed by atoms with Gasteiger partial charge in [-0.05, 0) is 51.0 Å². The number of hydrazine groups is 1. The van der Waals surface area contributed by atoms with Crippen LogP contribution in [-0.2, 0) is 21.4 Å². The van der Waals surface area contributed by atoms with Gasteiger partial charge in [-0.1, -0.05) is 29.8 Å². The zero-order valence-electron chi connectivity index (χ0n) is 17.9. The molecule has 1 aliphatic heterocycles. The van der Waals surface area contributed by atoms with Gasteiger partial charge in [-0.15, -0.1) is 0 Å². The molecular formula is C22H25N5O4S. The number of para-hydroxylation sites is 1. The Kier molecular flexibility index (Phi) is 5.98. The summed E-state index contributed by atoms with van der Waals surface area (Å²) in [6.45, 7) is 4.30. The van der Waals surface area contributed by atoms with Crippen LogP contribution in [0.2, 0.25) is 0 Å². The van der Waals surface area contributed by atoms with E-state index in [1.54, 1.807) is 55.5 Å². The van der Waals surface area contributed by atoms with Crippen molar-refractivity contribution in [2.45, 2.75) is 44.2 Å². The third kappa shape index (κ3) is 3.98. The fourth-order valence-electron chi connectivity index (χ4n) is 3.89. The van der Waals surface area contributed by atoms with Crippen molar-refractivity contribution >= 4 is 32.8 Å². The summed E-state index contributed by atoms with van der Waals surface area (Å²) >= 11 is 0. The second-order valence-electron chi connectivity index (χ2n) is 7.70. The third-order valence-electron chi connectivity index (χ3n) is 5.61. The summed E-state index contributed by atoms with van der Waals surface area (Å²) in [4.78, 5) is 30.2. The van der Waals surface area contributed by atoms with E-state index in [1.807, 2.05) is 6.92 Å². The highest BCUT2D eigenvalue weighted by molar-refractivity contribution is 7.89. The number of fused-ring (bicyclic) bond motifs is 1. The molecule has 0 unspecified atom stereocenters. The topological polar surface area (TPSA) is 113 Å². The highest BCUT2D eigenvalue weighted by Gasteiger charge is 2.39. The van der Waals surface area contributed by atoms with Crippen LogP contribution in [0.15, 0.2) is 58.2 Å². The van der Waals surface area contributed by atoms with Gasteiger partial charge < -0.3 is 0 Å². The fourth-order valence-corrected chi connectivity index (χ4v) is 5.55. The van der Waals surface area contributed by atoms with Crippen molar-refractivity contribution in [1.82, 2.24) is 19.3 Å². The van der Waals surface area contributed by atoms with Gasteiger partial charge in [0.1, 0.15) is 6.04 Å². The maximum atomic E-state index is 13.1. The van der Waals surface area contributed by atoms with E-state index in [4.69, 9.17) is 0 Å². The quantitative estimate of drug-likeness (QED) is 0.550. The normalized spacial score (nSPS) is 16.9. The summed E-state index contributed by atoms with van der Waals surface area (Å²) in [5, 5.41) is 0.484. The standard InChI is InChI=1S/C22H25N5O4S/c1-3-26-21(29)17-7-4-5-8-18(17)23-22(26)25-24-20(28)19-9-6-14-27(19)32(30,31)16-12-10-15(2)11-13-16/h4-5,7-8,10-13,19H,3,6,9,14H2,1-2H3,(H,23,25)(H,24,28)/t19-/m0/s1. The number of aromatic nitrogens is 2. The first kappa shape index (κ1) is 22.0. The summed E-state index contributed by atoms with van der Waals surface area (Å²) in [6, 6.07) is 12.7. The lowest BCUT2D eigenvalue weighted by molar-refractivity contribution is -0.123. The number of sulfonamides is 1. The van der Waals surface area contributed by atoms with Crippen LogP contribution in [0.1, 0.15) is 25.3 Å². The van der Waals surface area contributed by atoms with E-state index in [1.165, 1.54) is 8.87 Å². The van der Waals surface area contributed by atoms with E-state index in [0.717, 1.165) is 5.56 Å². The largest absolute Gasteiger partial charge is 0.277 e. The highest BCUT2D eigenvalue weighted by atomic mass is 32.2. The Balaban J connectivity index is 1.55. The molecule has 3 aromatic rings. The number of nitrogens with one attached hydrogen (secondary N) is 2. The van der Waals surface area contributed by atoms with E-state index in [-0.39, 0.29) is 22.9 Å². The summed E-state index contributed by atoms with van der Waals surface area (Å²) in [5.74, 6) is -0.307. The van der Waals surface area contributed by atoms with Crippen molar-refractivity contribution in [2.75, 3.05) is 12.0 Å². The zero-order chi connectivity index (χ0) is 22.9. The van der Waals surface area contributed by atoms with Crippen molar-refractivity contribution in [2.24, 2.45) is 0 Å². The van der Waals surface area contributed by atoms with Crippen LogP contribution < -0.4 is 16.4 Å². The Morgan fingerprint density at radius 1 is 1.16 bits per heavy atom. The molecule has 2 heterocycles. The number of aryl methyl sites for hydroxylation is 1. The molecule has 4 rings (SSSR count). The fraction of sp³-hybridized carbons (Fsp3) is 0.318. The van der Waals surface area contributed by atoms with E-state index < -0.39 is 22.0 Å². The monoisotopic (exact) mass is 455 g/mol. The van der Waals surface area contributed by atoms with E-state index in [0.29, 0.717) is 30.3 Å². The molecule has 1 saturated heterocycles. The number of amides is 1. The van der Waals surface area contributed by atoms with Gasteiger partial charge >= 0.3 is 0 Å². The molecule has 0 radical (unpaired) electrons. The number of hydrogen-bond donors (Lipinski definition) is 2. The van der Waals surface area contributed by atoms with Gasteiger partial charge in [0.05, 0.1) is 15.8 Å². The van der Waals surface area contributed by atoms with Crippen LogP contribution in [0.3, 0.4) is 0 Å². The smallest absolute Gasteiger partial charge is 0.262 e. The number of carbonyl (C=O) groups excluding carboxylic acids is 1. The Hall–Kier alpha value is -3.24. The summed E-state index contributed by atoms with van der Waals surface area (Å²) in [7, 11) is -3.81. The van der Waals surface area contributed by atoms with Crippen LogP contribution in [0.5, 0.6) is 0 Å². The molecule has 9 nitrogen and oxygen atoms in total.